The molecular weight excluding hydrogens is 246 g/mol. The van der Waals surface area contributed by atoms with Crippen molar-refractivity contribution < 1.29 is 0 Å². The topological polar surface area (TPSA) is 37.0 Å². The second-order valence-corrected chi connectivity index (χ2v) is 7.32. The molecule has 4 aliphatic rings. The molecule has 2 N–H and O–H groups in total. The largest absolute Gasteiger partial charge is 0.384 e. The molecule has 3 nitrogen and oxygen atoms in total. The molecule has 108 valence electrons. The lowest BCUT2D eigenvalue weighted by Crippen LogP contribution is -2.54. The van der Waals surface area contributed by atoms with Crippen molar-refractivity contribution in [2.45, 2.75) is 51.0 Å². The van der Waals surface area contributed by atoms with Gasteiger partial charge in [0.15, 0.2) is 0 Å². The molecule has 4 saturated carbocycles. The number of aromatic nitrogens is 1. The monoisotopic (exact) mass is 271 g/mol. The third kappa shape index (κ3) is 2.17. The summed E-state index contributed by atoms with van der Waals surface area (Å²) in [5, 5.41) is 7.24. The Hall–Kier alpha value is -1.25. The van der Waals surface area contributed by atoms with Gasteiger partial charge >= 0.3 is 0 Å². The van der Waals surface area contributed by atoms with Crippen molar-refractivity contribution in [3.05, 3.63) is 18.5 Å². The van der Waals surface area contributed by atoms with Gasteiger partial charge in [0.1, 0.15) is 0 Å². The van der Waals surface area contributed by atoms with E-state index >= 15 is 0 Å². The highest BCUT2D eigenvalue weighted by molar-refractivity contribution is 5.55. The first kappa shape index (κ1) is 12.5. The molecule has 4 fully saturated rings. The van der Waals surface area contributed by atoms with Crippen LogP contribution in [0, 0.1) is 17.8 Å². The quantitative estimate of drug-likeness (QED) is 0.872. The van der Waals surface area contributed by atoms with E-state index in [4.69, 9.17) is 0 Å². The molecule has 0 aromatic carbocycles. The zero-order valence-electron chi connectivity index (χ0n) is 12.4. The maximum Gasteiger partial charge on any atom is 0.0551 e. The summed E-state index contributed by atoms with van der Waals surface area (Å²) in [5.74, 6) is 2.95. The van der Waals surface area contributed by atoms with Crippen molar-refractivity contribution in [3.63, 3.8) is 0 Å². The second-order valence-electron chi connectivity index (χ2n) is 7.32. The van der Waals surface area contributed by atoms with Crippen LogP contribution in [-0.4, -0.2) is 17.1 Å². The average Bonchev–Trinajstić information content (AvgIpc) is 2.37. The minimum Gasteiger partial charge on any atom is -0.384 e. The lowest BCUT2D eigenvalue weighted by molar-refractivity contribution is 0.0107. The first-order chi connectivity index (χ1) is 9.75. The van der Waals surface area contributed by atoms with Gasteiger partial charge in [0.2, 0.25) is 0 Å². The van der Waals surface area contributed by atoms with E-state index in [1.807, 2.05) is 12.4 Å². The van der Waals surface area contributed by atoms with Gasteiger partial charge in [-0.2, -0.15) is 0 Å². The van der Waals surface area contributed by atoms with Gasteiger partial charge in [-0.25, -0.2) is 0 Å². The molecule has 1 aromatic heterocycles. The Morgan fingerprint density at radius 1 is 1.05 bits per heavy atom. The normalized spacial score (nSPS) is 38.0. The molecule has 3 heteroatoms. The molecule has 0 spiro atoms. The summed E-state index contributed by atoms with van der Waals surface area (Å²) in [6.45, 7) is 3.07. The first-order valence-corrected chi connectivity index (χ1v) is 8.22. The third-order valence-corrected chi connectivity index (χ3v) is 5.57. The van der Waals surface area contributed by atoms with E-state index in [0.717, 1.165) is 30.0 Å². The fourth-order valence-electron chi connectivity index (χ4n) is 5.38. The summed E-state index contributed by atoms with van der Waals surface area (Å²) in [5.41, 5.74) is 2.70. The van der Waals surface area contributed by atoms with Crippen LogP contribution in [0.2, 0.25) is 0 Å². The van der Waals surface area contributed by atoms with Crippen LogP contribution in [0.5, 0.6) is 0 Å². The minimum absolute atomic E-state index is 0.376. The molecule has 5 rings (SSSR count). The summed E-state index contributed by atoms with van der Waals surface area (Å²) in [6, 6.07) is 2.22. The molecule has 1 aromatic rings. The Labute approximate surface area is 121 Å². The molecule has 0 atom stereocenters. The Morgan fingerprint density at radius 3 is 2.25 bits per heavy atom. The molecule has 1 heterocycles. The van der Waals surface area contributed by atoms with Crippen LogP contribution in [0.15, 0.2) is 18.5 Å². The number of nitrogens with zero attached hydrogens (tertiary/aromatic N) is 1. The van der Waals surface area contributed by atoms with Crippen LogP contribution in [0.4, 0.5) is 11.4 Å². The lowest BCUT2D eigenvalue weighted by atomic mass is 9.53. The minimum atomic E-state index is 0.376. The summed E-state index contributed by atoms with van der Waals surface area (Å²) >= 11 is 0. The van der Waals surface area contributed by atoms with Gasteiger partial charge in [-0.1, -0.05) is 0 Å². The Bertz CT molecular complexity index is 461. The predicted molar refractivity (Wildman–Crippen MR) is 82.9 cm³/mol. The highest BCUT2D eigenvalue weighted by Crippen LogP contribution is 2.56. The van der Waals surface area contributed by atoms with Crippen molar-refractivity contribution in [2.24, 2.45) is 17.8 Å². The summed E-state index contributed by atoms with van der Waals surface area (Å²) in [4.78, 5) is 4.38. The Morgan fingerprint density at radius 2 is 1.65 bits per heavy atom. The zero-order valence-corrected chi connectivity index (χ0v) is 12.4. The van der Waals surface area contributed by atoms with Gasteiger partial charge in [0.25, 0.3) is 0 Å². The van der Waals surface area contributed by atoms with Crippen LogP contribution < -0.4 is 10.6 Å². The number of hydrogen-bond donors (Lipinski definition) is 2. The maximum atomic E-state index is 4.38. The van der Waals surface area contributed by atoms with Crippen LogP contribution in [0.25, 0.3) is 0 Å². The molecule has 4 bridgehead atoms. The van der Waals surface area contributed by atoms with Gasteiger partial charge in [-0.3, -0.25) is 4.98 Å². The van der Waals surface area contributed by atoms with E-state index in [1.54, 1.807) is 0 Å². The van der Waals surface area contributed by atoms with E-state index < -0.39 is 0 Å². The van der Waals surface area contributed by atoms with Crippen LogP contribution >= 0.6 is 0 Å². The molecule has 4 aliphatic carbocycles. The Kier molecular flexibility index (Phi) is 2.90. The van der Waals surface area contributed by atoms with Crippen molar-refractivity contribution in [2.75, 3.05) is 17.2 Å². The molecule has 0 aliphatic heterocycles. The van der Waals surface area contributed by atoms with Gasteiger partial charge in [0.05, 0.1) is 23.8 Å². The van der Waals surface area contributed by atoms with Gasteiger partial charge < -0.3 is 10.6 Å². The van der Waals surface area contributed by atoms with Gasteiger partial charge in [-0.15, -0.1) is 0 Å². The molecule has 0 unspecified atom stereocenters. The van der Waals surface area contributed by atoms with E-state index in [0.29, 0.717) is 5.54 Å². The highest BCUT2D eigenvalue weighted by atomic mass is 15.0. The van der Waals surface area contributed by atoms with E-state index in [1.165, 1.54) is 44.2 Å². The van der Waals surface area contributed by atoms with Crippen molar-refractivity contribution >= 4 is 11.4 Å². The zero-order chi connectivity index (χ0) is 13.6. The SMILES string of the molecule is CCNc1cncc(NC23CC4CC(CC(C4)C2)C3)c1. The lowest BCUT2D eigenvalue weighted by Gasteiger charge is -2.57. The standard InChI is InChI=1S/C17H25N3/c1-2-19-15-6-16(11-18-10-15)20-17-7-12-3-13(8-17)5-14(4-12)9-17/h6,10-14,19-20H,2-5,7-9H2,1H3. The van der Waals surface area contributed by atoms with E-state index in [2.05, 4.69) is 28.6 Å². The van der Waals surface area contributed by atoms with Gasteiger partial charge in [0, 0.05) is 12.1 Å². The maximum absolute atomic E-state index is 4.38. The smallest absolute Gasteiger partial charge is 0.0551 e. The average molecular weight is 271 g/mol. The third-order valence-electron chi connectivity index (χ3n) is 5.57. The fraction of sp³-hybridized carbons (Fsp3) is 0.706. The van der Waals surface area contributed by atoms with Crippen molar-refractivity contribution in [3.8, 4) is 0 Å². The number of rotatable bonds is 4. The van der Waals surface area contributed by atoms with Crippen molar-refractivity contribution in [1.29, 1.82) is 0 Å². The number of anilines is 2. The van der Waals surface area contributed by atoms with Gasteiger partial charge in [-0.05, 0) is 69.3 Å². The molecular formula is C17H25N3. The molecule has 20 heavy (non-hydrogen) atoms. The highest BCUT2D eigenvalue weighted by Gasteiger charge is 2.50. The van der Waals surface area contributed by atoms with Crippen molar-refractivity contribution in [1.82, 2.24) is 4.98 Å². The fourth-order valence-corrected chi connectivity index (χ4v) is 5.38. The summed E-state index contributed by atoms with van der Waals surface area (Å²) in [6.07, 6.45) is 12.5. The summed E-state index contributed by atoms with van der Waals surface area (Å²) < 4.78 is 0. The summed E-state index contributed by atoms with van der Waals surface area (Å²) in [7, 11) is 0. The number of nitrogens with one attached hydrogen (secondary N) is 2. The molecule has 0 amide bonds. The Balaban J connectivity index is 1.55. The van der Waals surface area contributed by atoms with Crippen LogP contribution in [-0.2, 0) is 0 Å². The molecule has 0 radical (unpaired) electrons. The predicted octanol–water partition coefficient (Wildman–Crippen LogP) is 3.89. The number of hydrogen-bond acceptors (Lipinski definition) is 3. The van der Waals surface area contributed by atoms with Crippen LogP contribution in [0.3, 0.4) is 0 Å². The van der Waals surface area contributed by atoms with Crippen LogP contribution in [0.1, 0.15) is 45.4 Å². The molecule has 0 saturated heterocycles. The van der Waals surface area contributed by atoms with E-state index in [-0.39, 0.29) is 0 Å². The van der Waals surface area contributed by atoms with E-state index in [9.17, 15) is 0 Å². The second kappa shape index (κ2) is 4.64. The number of pyridine rings is 1. The first-order valence-electron chi connectivity index (χ1n) is 8.22.